The van der Waals surface area contributed by atoms with Gasteiger partial charge in [0.2, 0.25) is 0 Å². The molecule has 0 bridgehead atoms. The molecule has 0 saturated heterocycles. The van der Waals surface area contributed by atoms with E-state index >= 15 is 0 Å². The number of hydrogen-bond donors (Lipinski definition) is 0. The number of rotatable bonds is 8. The summed E-state index contributed by atoms with van der Waals surface area (Å²) in [6.45, 7) is 14.9. The lowest BCUT2D eigenvalue weighted by Gasteiger charge is -2.30. The second-order valence-electron chi connectivity index (χ2n) is 8.36. The zero-order chi connectivity index (χ0) is 18.5. The SMILES string of the molecule is CCc1ccc(C(C)(C)COCC(C)(C)c2ccc(CC)cc2)cc1. The van der Waals surface area contributed by atoms with Crippen molar-refractivity contribution in [3.05, 3.63) is 70.8 Å². The minimum Gasteiger partial charge on any atom is -0.380 e. The number of benzene rings is 2. The zero-order valence-electron chi connectivity index (χ0n) is 16.9. The molecule has 0 aromatic heterocycles. The average Bonchev–Trinajstić information content (AvgIpc) is 2.61. The van der Waals surface area contributed by atoms with Crippen molar-refractivity contribution in [1.82, 2.24) is 0 Å². The number of ether oxygens (including phenoxy) is 1. The van der Waals surface area contributed by atoms with Crippen molar-refractivity contribution in [3.63, 3.8) is 0 Å². The topological polar surface area (TPSA) is 9.23 Å². The molecule has 0 aliphatic carbocycles. The molecule has 2 aromatic rings. The van der Waals surface area contributed by atoms with E-state index in [1.54, 1.807) is 0 Å². The second-order valence-corrected chi connectivity index (χ2v) is 8.36. The van der Waals surface area contributed by atoms with Gasteiger partial charge in [0.1, 0.15) is 0 Å². The van der Waals surface area contributed by atoms with Gasteiger partial charge in [0.05, 0.1) is 13.2 Å². The van der Waals surface area contributed by atoms with E-state index in [1.807, 2.05) is 0 Å². The molecule has 1 heteroatoms. The lowest BCUT2D eigenvalue weighted by molar-refractivity contribution is 0.0633. The Balaban J connectivity index is 1.96. The van der Waals surface area contributed by atoms with Gasteiger partial charge in [-0.15, -0.1) is 0 Å². The van der Waals surface area contributed by atoms with Crippen molar-refractivity contribution in [3.8, 4) is 0 Å². The van der Waals surface area contributed by atoms with Gasteiger partial charge in [0, 0.05) is 10.8 Å². The summed E-state index contributed by atoms with van der Waals surface area (Å²) in [6, 6.07) is 17.9. The zero-order valence-corrected chi connectivity index (χ0v) is 16.9. The van der Waals surface area contributed by atoms with Crippen LogP contribution in [0, 0.1) is 0 Å². The van der Waals surface area contributed by atoms with Crippen LogP contribution in [0.15, 0.2) is 48.5 Å². The van der Waals surface area contributed by atoms with Crippen LogP contribution in [0.2, 0.25) is 0 Å². The Morgan fingerprint density at radius 2 is 0.920 bits per heavy atom. The van der Waals surface area contributed by atoms with Gasteiger partial charge in [0.15, 0.2) is 0 Å². The summed E-state index contributed by atoms with van der Waals surface area (Å²) in [5, 5.41) is 0. The van der Waals surface area contributed by atoms with Crippen molar-refractivity contribution >= 4 is 0 Å². The molecule has 0 aliphatic heterocycles. The Bertz CT molecular complexity index is 588. The lowest BCUT2D eigenvalue weighted by Crippen LogP contribution is -2.30. The Kier molecular flexibility index (Phi) is 6.46. The summed E-state index contributed by atoms with van der Waals surface area (Å²) in [4.78, 5) is 0. The molecular weight excluding hydrogens is 304 g/mol. The van der Waals surface area contributed by atoms with E-state index in [-0.39, 0.29) is 10.8 Å². The number of hydrogen-bond acceptors (Lipinski definition) is 1. The molecule has 0 fully saturated rings. The Morgan fingerprint density at radius 3 is 1.20 bits per heavy atom. The van der Waals surface area contributed by atoms with Gasteiger partial charge in [-0.2, -0.15) is 0 Å². The van der Waals surface area contributed by atoms with Crippen LogP contribution in [0.4, 0.5) is 0 Å². The second kappa shape index (κ2) is 8.19. The third kappa shape index (κ3) is 5.19. The van der Waals surface area contributed by atoms with Crippen LogP contribution in [0.3, 0.4) is 0 Å². The van der Waals surface area contributed by atoms with E-state index in [0.29, 0.717) is 0 Å². The van der Waals surface area contributed by atoms with E-state index in [0.717, 1.165) is 26.1 Å². The molecule has 2 aromatic carbocycles. The molecule has 0 N–H and O–H groups in total. The summed E-state index contributed by atoms with van der Waals surface area (Å²) in [7, 11) is 0. The van der Waals surface area contributed by atoms with E-state index in [1.165, 1.54) is 22.3 Å². The molecule has 1 nitrogen and oxygen atoms in total. The molecule has 0 radical (unpaired) electrons. The average molecular weight is 339 g/mol. The van der Waals surface area contributed by atoms with Gasteiger partial charge in [-0.25, -0.2) is 0 Å². The molecule has 2 rings (SSSR count). The maximum Gasteiger partial charge on any atom is 0.0558 e. The normalized spacial score (nSPS) is 12.4. The van der Waals surface area contributed by atoms with Crippen LogP contribution in [-0.2, 0) is 28.4 Å². The first kappa shape index (κ1) is 19.7. The van der Waals surface area contributed by atoms with E-state index in [4.69, 9.17) is 4.74 Å². The summed E-state index contributed by atoms with van der Waals surface area (Å²) < 4.78 is 6.19. The van der Waals surface area contributed by atoms with Crippen molar-refractivity contribution in [2.75, 3.05) is 13.2 Å². The molecule has 0 amide bonds. The quantitative estimate of drug-likeness (QED) is 0.566. The fourth-order valence-corrected chi connectivity index (χ4v) is 3.11. The minimum absolute atomic E-state index is 0.0222. The summed E-state index contributed by atoms with van der Waals surface area (Å²) in [6.07, 6.45) is 2.17. The molecule has 25 heavy (non-hydrogen) atoms. The predicted octanol–water partition coefficient (Wildman–Crippen LogP) is 6.08. The first-order valence-corrected chi connectivity index (χ1v) is 9.55. The maximum atomic E-state index is 6.19. The standard InChI is InChI=1S/C24H34O/c1-7-19-9-13-21(14-10-19)23(3,4)17-25-18-24(5,6)22-15-11-20(8-2)12-16-22/h9-16H,7-8,17-18H2,1-6H3. The van der Waals surface area contributed by atoms with Gasteiger partial charge in [-0.1, -0.05) is 90.1 Å². The summed E-state index contributed by atoms with van der Waals surface area (Å²) in [5.41, 5.74) is 5.50. The van der Waals surface area contributed by atoms with Crippen molar-refractivity contribution in [2.24, 2.45) is 0 Å². The summed E-state index contributed by atoms with van der Waals surface area (Å²) >= 11 is 0. The molecule has 0 atom stereocenters. The predicted molar refractivity (Wildman–Crippen MR) is 109 cm³/mol. The highest BCUT2D eigenvalue weighted by molar-refractivity contribution is 5.29. The molecule has 0 unspecified atom stereocenters. The van der Waals surface area contributed by atoms with Crippen LogP contribution in [-0.4, -0.2) is 13.2 Å². The van der Waals surface area contributed by atoms with Crippen LogP contribution in [0.5, 0.6) is 0 Å². The third-order valence-corrected chi connectivity index (χ3v) is 5.21. The Hall–Kier alpha value is -1.60. The number of aryl methyl sites for hydroxylation is 2. The molecular formula is C24H34O. The monoisotopic (exact) mass is 338 g/mol. The van der Waals surface area contributed by atoms with Crippen molar-refractivity contribution in [1.29, 1.82) is 0 Å². The van der Waals surface area contributed by atoms with Gasteiger partial charge in [-0.3, -0.25) is 0 Å². The highest BCUT2D eigenvalue weighted by Crippen LogP contribution is 2.27. The van der Waals surface area contributed by atoms with Gasteiger partial charge in [0.25, 0.3) is 0 Å². The van der Waals surface area contributed by atoms with Crippen LogP contribution < -0.4 is 0 Å². The Labute approximate surface area is 154 Å². The van der Waals surface area contributed by atoms with Gasteiger partial charge >= 0.3 is 0 Å². The maximum absolute atomic E-state index is 6.19. The van der Waals surface area contributed by atoms with Crippen LogP contribution in [0.1, 0.15) is 63.8 Å². The third-order valence-electron chi connectivity index (χ3n) is 5.21. The summed E-state index contributed by atoms with van der Waals surface area (Å²) in [5.74, 6) is 0. The molecule has 0 heterocycles. The van der Waals surface area contributed by atoms with E-state index < -0.39 is 0 Å². The van der Waals surface area contributed by atoms with Crippen molar-refractivity contribution in [2.45, 2.75) is 65.2 Å². The largest absolute Gasteiger partial charge is 0.380 e. The van der Waals surface area contributed by atoms with E-state index in [2.05, 4.69) is 90.1 Å². The highest BCUT2D eigenvalue weighted by Gasteiger charge is 2.25. The highest BCUT2D eigenvalue weighted by atomic mass is 16.5. The Morgan fingerprint density at radius 1 is 0.600 bits per heavy atom. The molecule has 136 valence electrons. The van der Waals surface area contributed by atoms with Crippen LogP contribution >= 0.6 is 0 Å². The molecule has 0 spiro atoms. The van der Waals surface area contributed by atoms with Gasteiger partial charge < -0.3 is 4.74 Å². The van der Waals surface area contributed by atoms with Crippen LogP contribution in [0.25, 0.3) is 0 Å². The fourth-order valence-electron chi connectivity index (χ4n) is 3.11. The minimum atomic E-state index is 0.0222. The first-order chi connectivity index (χ1) is 11.8. The molecule has 0 aliphatic rings. The van der Waals surface area contributed by atoms with Gasteiger partial charge in [-0.05, 0) is 35.1 Å². The fraction of sp³-hybridized carbons (Fsp3) is 0.500. The van der Waals surface area contributed by atoms with E-state index in [9.17, 15) is 0 Å². The lowest BCUT2D eigenvalue weighted by atomic mass is 9.83. The smallest absolute Gasteiger partial charge is 0.0558 e. The first-order valence-electron chi connectivity index (χ1n) is 9.55. The molecule has 0 saturated carbocycles. The van der Waals surface area contributed by atoms with Crippen molar-refractivity contribution < 1.29 is 4.74 Å².